The van der Waals surface area contributed by atoms with Crippen molar-refractivity contribution in [3.8, 4) is 0 Å². The lowest BCUT2D eigenvalue weighted by molar-refractivity contribution is 0.102. The number of carbonyl (C=O) groups excluding carboxylic acids is 1. The Labute approximate surface area is 193 Å². The number of nitrogens with one attached hydrogen (secondary N) is 2. The molecule has 2 aromatic carbocycles. The number of anilines is 2. The Kier molecular flexibility index (Phi) is 6.02. The highest BCUT2D eigenvalue weighted by atomic mass is 32.2. The van der Waals surface area contributed by atoms with Crippen molar-refractivity contribution in [2.75, 3.05) is 10.8 Å². The largest absolute Gasteiger partial charge is 0.291 e. The van der Waals surface area contributed by atoms with Gasteiger partial charge in [-0.15, -0.1) is 11.3 Å². The van der Waals surface area contributed by atoms with Gasteiger partial charge in [0.2, 0.25) is 5.95 Å². The molecule has 2 aromatic heterocycles. The van der Waals surface area contributed by atoms with Gasteiger partial charge in [0.25, 0.3) is 5.91 Å². The fourth-order valence-corrected chi connectivity index (χ4v) is 6.03. The molecule has 1 amide bonds. The van der Waals surface area contributed by atoms with Crippen LogP contribution in [0.5, 0.6) is 0 Å². The van der Waals surface area contributed by atoms with E-state index in [4.69, 9.17) is 0 Å². The molecule has 1 aliphatic rings. The first-order valence-electron chi connectivity index (χ1n) is 10.4. The van der Waals surface area contributed by atoms with Gasteiger partial charge in [0.15, 0.2) is 4.34 Å². The van der Waals surface area contributed by atoms with Crippen LogP contribution >= 0.6 is 23.1 Å². The molecule has 5 rings (SSSR count). The summed E-state index contributed by atoms with van der Waals surface area (Å²) >= 11 is 2.98. The van der Waals surface area contributed by atoms with Gasteiger partial charge in [-0.2, -0.15) is 0 Å². The molecule has 162 valence electrons. The minimum absolute atomic E-state index is 0.259. The molecule has 4 aromatic rings. The van der Waals surface area contributed by atoms with Gasteiger partial charge in [-0.3, -0.25) is 20.8 Å². The predicted octanol–water partition coefficient (Wildman–Crippen LogP) is 5.95. The van der Waals surface area contributed by atoms with Crippen molar-refractivity contribution in [1.82, 2.24) is 15.0 Å². The molecule has 7 nitrogen and oxygen atoms in total. The third-order valence-corrected chi connectivity index (χ3v) is 7.72. The number of carbonyl (C=O) groups is 1. The fraction of sp³-hybridized carbons (Fsp3) is 0.217. The highest BCUT2D eigenvalue weighted by Crippen LogP contribution is 2.37. The van der Waals surface area contributed by atoms with Crippen LogP contribution in [0.2, 0.25) is 0 Å². The molecule has 32 heavy (non-hydrogen) atoms. The van der Waals surface area contributed by atoms with Crippen molar-refractivity contribution < 1.29 is 10.0 Å². The SMILES string of the molecule is O=C(Nc1ncc(C2CCCC2)cn1)c1cc(NO)ccc1Sc1nc2ccccc2s1. The average molecular weight is 464 g/mol. The first kappa shape index (κ1) is 20.9. The van der Waals surface area contributed by atoms with Crippen LogP contribution in [-0.2, 0) is 0 Å². The van der Waals surface area contributed by atoms with E-state index in [9.17, 15) is 10.0 Å². The predicted molar refractivity (Wildman–Crippen MR) is 127 cm³/mol. The van der Waals surface area contributed by atoms with Crippen LogP contribution in [0.1, 0.15) is 47.5 Å². The molecular formula is C23H21N5O2S2. The van der Waals surface area contributed by atoms with Gasteiger partial charge in [-0.1, -0.05) is 36.7 Å². The lowest BCUT2D eigenvalue weighted by Gasteiger charge is -2.11. The second-order valence-electron chi connectivity index (χ2n) is 7.65. The van der Waals surface area contributed by atoms with E-state index in [-0.39, 0.29) is 11.9 Å². The molecule has 1 fully saturated rings. The van der Waals surface area contributed by atoms with E-state index in [1.165, 1.54) is 37.4 Å². The second-order valence-corrected chi connectivity index (χ2v) is 9.97. The number of nitrogens with zero attached hydrogens (tertiary/aromatic N) is 3. The molecule has 0 spiro atoms. The van der Waals surface area contributed by atoms with Gasteiger partial charge in [-0.05, 0) is 54.7 Å². The van der Waals surface area contributed by atoms with Crippen LogP contribution in [0.4, 0.5) is 11.6 Å². The minimum atomic E-state index is -0.348. The Bertz CT molecular complexity index is 1220. The zero-order valence-corrected chi connectivity index (χ0v) is 18.7. The molecule has 3 N–H and O–H groups in total. The van der Waals surface area contributed by atoms with Gasteiger partial charge in [-0.25, -0.2) is 15.0 Å². The van der Waals surface area contributed by atoms with Crippen LogP contribution in [0.15, 0.2) is 64.1 Å². The van der Waals surface area contributed by atoms with Crippen LogP contribution < -0.4 is 10.8 Å². The zero-order chi connectivity index (χ0) is 21.9. The summed E-state index contributed by atoms with van der Waals surface area (Å²) in [6.07, 6.45) is 8.44. The second kappa shape index (κ2) is 9.23. The quantitative estimate of drug-likeness (QED) is 0.304. The highest BCUT2D eigenvalue weighted by molar-refractivity contribution is 8.01. The summed E-state index contributed by atoms with van der Waals surface area (Å²) in [5.41, 5.74) is 4.97. The van der Waals surface area contributed by atoms with Gasteiger partial charge in [0.05, 0.1) is 21.5 Å². The Morgan fingerprint density at radius 3 is 2.62 bits per heavy atom. The number of fused-ring (bicyclic) bond motifs is 1. The standard InChI is InChI=1S/C23H21N5O2S2/c29-21(27-22-24-12-15(13-25-22)14-5-1-2-6-14)17-11-16(28-30)9-10-19(17)31-23-26-18-7-3-4-8-20(18)32-23/h3-4,7-14,28,30H,1-2,5-6H2,(H,24,25,27,29). The molecule has 9 heteroatoms. The number of hydrogen-bond acceptors (Lipinski definition) is 8. The van der Waals surface area contributed by atoms with E-state index in [1.54, 1.807) is 41.9 Å². The Hall–Kier alpha value is -3.01. The van der Waals surface area contributed by atoms with Crippen molar-refractivity contribution in [1.29, 1.82) is 0 Å². The number of hydrogen-bond donors (Lipinski definition) is 3. The van der Waals surface area contributed by atoms with Crippen LogP contribution in [-0.4, -0.2) is 26.1 Å². The Morgan fingerprint density at radius 2 is 1.88 bits per heavy atom. The monoisotopic (exact) mass is 463 g/mol. The van der Waals surface area contributed by atoms with Gasteiger partial charge in [0.1, 0.15) is 0 Å². The van der Waals surface area contributed by atoms with E-state index in [1.807, 2.05) is 24.3 Å². The van der Waals surface area contributed by atoms with E-state index in [0.717, 1.165) is 25.0 Å². The number of rotatable bonds is 6. The Morgan fingerprint density at radius 1 is 1.09 bits per heavy atom. The third kappa shape index (κ3) is 4.45. The molecule has 0 saturated heterocycles. The van der Waals surface area contributed by atoms with E-state index < -0.39 is 0 Å². The Balaban J connectivity index is 1.38. The first-order valence-corrected chi connectivity index (χ1v) is 12.0. The lowest BCUT2D eigenvalue weighted by atomic mass is 10.0. The van der Waals surface area contributed by atoms with Crippen molar-refractivity contribution in [2.45, 2.75) is 40.8 Å². The summed E-state index contributed by atoms with van der Waals surface area (Å²) in [4.78, 5) is 27.1. The minimum Gasteiger partial charge on any atom is -0.291 e. The average Bonchev–Trinajstić information content (AvgIpc) is 3.49. The zero-order valence-electron chi connectivity index (χ0n) is 17.1. The van der Waals surface area contributed by atoms with E-state index >= 15 is 0 Å². The first-order chi connectivity index (χ1) is 15.7. The third-order valence-electron chi connectivity index (χ3n) is 5.55. The molecule has 0 unspecified atom stereocenters. The number of thiazole rings is 1. The molecule has 0 radical (unpaired) electrons. The number of para-hydroxylation sites is 1. The molecule has 0 aliphatic heterocycles. The van der Waals surface area contributed by atoms with Gasteiger partial charge < -0.3 is 0 Å². The van der Waals surface area contributed by atoms with Crippen molar-refractivity contribution in [3.63, 3.8) is 0 Å². The molecule has 0 atom stereocenters. The van der Waals surface area contributed by atoms with E-state index in [2.05, 4.69) is 25.7 Å². The fourth-order valence-electron chi connectivity index (χ4n) is 3.90. The molecule has 1 aliphatic carbocycles. The highest BCUT2D eigenvalue weighted by Gasteiger charge is 2.19. The van der Waals surface area contributed by atoms with Gasteiger partial charge >= 0.3 is 0 Å². The van der Waals surface area contributed by atoms with Crippen molar-refractivity contribution in [3.05, 3.63) is 66.0 Å². The van der Waals surface area contributed by atoms with Gasteiger partial charge in [0, 0.05) is 17.3 Å². The van der Waals surface area contributed by atoms with E-state index in [0.29, 0.717) is 17.2 Å². The lowest BCUT2D eigenvalue weighted by Crippen LogP contribution is -2.15. The molecule has 2 heterocycles. The van der Waals surface area contributed by atoms with Crippen molar-refractivity contribution in [2.24, 2.45) is 0 Å². The summed E-state index contributed by atoms with van der Waals surface area (Å²) in [5, 5.41) is 12.1. The molecule has 0 bridgehead atoms. The normalized spacial score (nSPS) is 14.0. The van der Waals surface area contributed by atoms with Crippen molar-refractivity contribution >= 4 is 50.9 Å². The summed E-state index contributed by atoms with van der Waals surface area (Å²) in [5.74, 6) is 0.429. The number of aromatic nitrogens is 3. The summed E-state index contributed by atoms with van der Waals surface area (Å²) in [6.45, 7) is 0. The maximum atomic E-state index is 13.1. The number of benzene rings is 2. The van der Waals surface area contributed by atoms with Crippen LogP contribution in [0, 0.1) is 0 Å². The molecular weight excluding hydrogens is 442 g/mol. The van der Waals surface area contributed by atoms with Crippen LogP contribution in [0.3, 0.4) is 0 Å². The summed E-state index contributed by atoms with van der Waals surface area (Å²) < 4.78 is 1.92. The summed E-state index contributed by atoms with van der Waals surface area (Å²) in [6, 6.07) is 13.0. The maximum absolute atomic E-state index is 13.1. The molecule has 1 saturated carbocycles. The maximum Gasteiger partial charge on any atom is 0.259 e. The topological polar surface area (TPSA) is 100 Å². The van der Waals surface area contributed by atoms with Crippen LogP contribution in [0.25, 0.3) is 10.2 Å². The number of amides is 1. The summed E-state index contributed by atoms with van der Waals surface area (Å²) in [7, 11) is 0. The smallest absolute Gasteiger partial charge is 0.259 e.